The number of nitrogens with one attached hydrogen (secondary N) is 1. The number of aromatic nitrogens is 2. The van der Waals surface area contributed by atoms with E-state index in [0.29, 0.717) is 19.0 Å². The highest BCUT2D eigenvalue weighted by molar-refractivity contribution is 5.32. The molecule has 0 saturated heterocycles. The van der Waals surface area contributed by atoms with E-state index in [1.165, 1.54) is 4.68 Å². The van der Waals surface area contributed by atoms with Crippen molar-refractivity contribution in [2.45, 2.75) is 33.0 Å². The van der Waals surface area contributed by atoms with Crippen molar-refractivity contribution in [2.75, 3.05) is 7.11 Å². The minimum Gasteiger partial charge on any atom is -0.496 e. The molecule has 0 saturated carbocycles. The van der Waals surface area contributed by atoms with Gasteiger partial charge in [0.15, 0.2) is 0 Å². The summed E-state index contributed by atoms with van der Waals surface area (Å²) in [6.45, 7) is 4.78. The van der Waals surface area contributed by atoms with Gasteiger partial charge in [0.05, 0.1) is 13.7 Å². The van der Waals surface area contributed by atoms with Crippen LogP contribution in [0.3, 0.4) is 0 Å². The third-order valence-corrected chi connectivity index (χ3v) is 2.99. The van der Waals surface area contributed by atoms with Crippen LogP contribution in [-0.2, 0) is 13.1 Å². The number of hydrogen-bond donors (Lipinski definition) is 1. The monoisotopic (exact) mass is 277 g/mol. The van der Waals surface area contributed by atoms with Gasteiger partial charge < -0.3 is 14.5 Å². The van der Waals surface area contributed by atoms with E-state index in [0.717, 1.165) is 11.3 Å². The summed E-state index contributed by atoms with van der Waals surface area (Å²) in [5.74, 6) is 0.807. The maximum Gasteiger partial charge on any atom is 0.437 e. The number of hydrogen-bond acceptors (Lipinski definition) is 5. The summed E-state index contributed by atoms with van der Waals surface area (Å²) >= 11 is 0. The fourth-order valence-corrected chi connectivity index (χ4v) is 1.98. The van der Waals surface area contributed by atoms with Gasteiger partial charge in [0.25, 0.3) is 0 Å². The number of methoxy groups -OCH3 is 1. The summed E-state index contributed by atoms with van der Waals surface area (Å²) in [5, 5.41) is 7.35. The van der Waals surface area contributed by atoms with E-state index in [-0.39, 0.29) is 6.04 Å². The number of nitrogens with zero attached hydrogens (tertiary/aromatic N) is 2. The molecule has 0 amide bonds. The standard InChI is InChI=1S/C14H19N3O3/c1-10(9-17-14(18)20-11(2)16-17)15-8-12-6-4-5-7-13(12)19-3/h4-7,10,15H,8-9H2,1-3H3/t10-/m1/s1. The molecule has 0 aliphatic rings. The number of ether oxygens (including phenoxy) is 1. The second kappa shape index (κ2) is 6.38. The molecule has 0 aliphatic carbocycles. The Bertz CT molecular complexity index is 618. The lowest BCUT2D eigenvalue weighted by Gasteiger charge is -2.14. The summed E-state index contributed by atoms with van der Waals surface area (Å²) < 4.78 is 11.5. The Hall–Kier alpha value is -2.08. The molecule has 0 fully saturated rings. The zero-order valence-corrected chi connectivity index (χ0v) is 11.9. The summed E-state index contributed by atoms with van der Waals surface area (Å²) in [6, 6.07) is 7.92. The van der Waals surface area contributed by atoms with Gasteiger partial charge in [-0.25, -0.2) is 4.79 Å². The van der Waals surface area contributed by atoms with Crippen LogP contribution in [0.5, 0.6) is 5.75 Å². The van der Waals surface area contributed by atoms with Crippen molar-refractivity contribution in [3.8, 4) is 5.75 Å². The molecule has 1 aromatic heterocycles. The van der Waals surface area contributed by atoms with Crippen molar-refractivity contribution < 1.29 is 9.15 Å². The number of para-hydroxylation sites is 1. The molecule has 0 unspecified atom stereocenters. The normalized spacial score (nSPS) is 12.3. The van der Waals surface area contributed by atoms with Gasteiger partial charge in [0.1, 0.15) is 5.75 Å². The highest BCUT2D eigenvalue weighted by Crippen LogP contribution is 2.16. The Morgan fingerprint density at radius 1 is 1.45 bits per heavy atom. The first-order valence-corrected chi connectivity index (χ1v) is 6.50. The molecule has 1 atom stereocenters. The Kier molecular flexibility index (Phi) is 4.57. The number of aryl methyl sites for hydroxylation is 1. The first-order chi connectivity index (χ1) is 9.60. The van der Waals surface area contributed by atoms with Crippen molar-refractivity contribution in [2.24, 2.45) is 0 Å². The summed E-state index contributed by atoms with van der Waals surface area (Å²) in [7, 11) is 1.65. The fourth-order valence-electron chi connectivity index (χ4n) is 1.98. The molecule has 20 heavy (non-hydrogen) atoms. The highest BCUT2D eigenvalue weighted by atomic mass is 16.5. The third-order valence-electron chi connectivity index (χ3n) is 2.99. The predicted octanol–water partition coefficient (Wildman–Crippen LogP) is 1.33. The molecule has 6 heteroatoms. The van der Waals surface area contributed by atoms with E-state index in [4.69, 9.17) is 9.15 Å². The van der Waals surface area contributed by atoms with Gasteiger partial charge in [-0.2, -0.15) is 4.68 Å². The molecule has 1 N–H and O–H groups in total. The van der Waals surface area contributed by atoms with Crippen LogP contribution in [0.25, 0.3) is 0 Å². The van der Waals surface area contributed by atoms with Crippen molar-refractivity contribution in [1.82, 2.24) is 15.1 Å². The average Bonchev–Trinajstić information content (AvgIpc) is 2.75. The molecule has 0 aliphatic heterocycles. The van der Waals surface area contributed by atoms with Crippen molar-refractivity contribution >= 4 is 0 Å². The lowest BCUT2D eigenvalue weighted by atomic mass is 10.2. The first kappa shape index (κ1) is 14.3. The molecule has 2 rings (SSSR count). The van der Waals surface area contributed by atoms with Crippen LogP contribution in [0.4, 0.5) is 0 Å². The summed E-state index contributed by atoms with van der Waals surface area (Å²) in [5.41, 5.74) is 1.07. The molecule has 2 aromatic rings. The molecule has 1 heterocycles. The Morgan fingerprint density at radius 2 is 2.20 bits per heavy atom. The van der Waals surface area contributed by atoms with Crippen LogP contribution in [0, 0.1) is 6.92 Å². The van der Waals surface area contributed by atoms with Crippen LogP contribution in [-0.4, -0.2) is 22.9 Å². The van der Waals surface area contributed by atoms with Crippen LogP contribution >= 0.6 is 0 Å². The lowest BCUT2D eigenvalue weighted by Crippen LogP contribution is -2.33. The SMILES string of the molecule is COc1ccccc1CN[C@H](C)Cn1nc(C)oc1=O. The van der Waals surface area contributed by atoms with Gasteiger partial charge in [-0.1, -0.05) is 18.2 Å². The Morgan fingerprint density at radius 3 is 2.85 bits per heavy atom. The maximum atomic E-state index is 11.4. The largest absolute Gasteiger partial charge is 0.496 e. The lowest BCUT2D eigenvalue weighted by molar-refractivity contribution is 0.395. The molecular formula is C14H19N3O3. The van der Waals surface area contributed by atoms with E-state index >= 15 is 0 Å². The predicted molar refractivity (Wildman–Crippen MR) is 74.8 cm³/mol. The summed E-state index contributed by atoms with van der Waals surface area (Å²) in [6.07, 6.45) is 0. The molecule has 0 spiro atoms. The minimum absolute atomic E-state index is 0.0853. The second-order valence-corrected chi connectivity index (χ2v) is 4.66. The third kappa shape index (κ3) is 3.48. The molecule has 0 bridgehead atoms. The Balaban J connectivity index is 1.94. The zero-order chi connectivity index (χ0) is 14.5. The van der Waals surface area contributed by atoms with Gasteiger partial charge in [-0.3, -0.25) is 0 Å². The van der Waals surface area contributed by atoms with Crippen LogP contribution < -0.4 is 15.8 Å². The van der Waals surface area contributed by atoms with Gasteiger partial charge >= 0.3 is 5.76 Å². The highest BCUT2D eigenvalue weighted by Gasteiger charge is 2.10. The van der Waals surface area contributed by atoms with Gasteiger partial charge in [0.2, 0.25) is 5.89 Å². The topological polar surface area (TPSA) is 69.3 Å². The van der Waals surface area contributed by atoms with Crippen LogP contribution in [0.2, 0.25) is 0 Å². The molecule has 0 radical (unpaired) electrons. The van der Waals surface area contributed by atoms with Gasteiger partial charge in [-0.15, -0.1) is 5.10 Å². The van der Waals surface area contributed by atoms with E-state index in [1.807, 2.05) is 31.2 Å². The molecule has 6 nitrogen and oxygen atoms in total. The molecule has 1 aromatic carbocycles. The fraction of sp³-hybridized carbons (Fsp3) is 0.429. The van der Waals surface area contributed by atoms with E-state index in [2.05, 4.69) is 10.4 Å². The number of benzene rings is 1. The van der Waals surface area contributed by atoms with Crippen LogP contribution in [0.15, 0.2) is 33.5 Å². The van der Waals surface area contributed by atoms with Crippen LogP contribution in [0.1, 0.15) is 18.4 Å². The van der Waals surface area contributed by atoms with Crippen molar-refractivity contribution in [3.05, 3.63) is 46.3 Å². The van der Waals surface area contributed by atoms with Crippen molar-refractivity contribution in [3.63, 3.8) is 0 Å². The minimum atomic E-state index is -0.423. The number of rotatable bonds is 6. The first-order valence-electron chi connectivity index (χ1n) is 6.50. The second-order valence-electron chi connectivity index (χ2n) is 4.66. The average molecular weight is 277 g/mol. The molecular weight excluding hydrogens is 258 g/mol. The van der Waals surface area contributed by atoms with Gasteiger partial charge in [-0.05, 0) is 13.0 Å². The Labute approximate surface area is 117 Å². The quantitative estimate of drug-likeness (QED) is 0.862. The van der Waals surface area contributed by atoms with E-state index in [9.17, 15) is 4.79 Å². The van der Waals surface area contributed by atoms with E-state index in [1.54, 1.807) is 14.0 Å². The van der Waals surface area contributed by atoms with Gasteiger partial charge in [0, 0.05) is 25.1 Å². The zero-order valence-electron chi connectivity index (χ0n) is 11.9. The summed E-state index contributed by atoms with van der Waals surface area (Å²) in [4.78, 5) is 11.4. The maximum absolute atomic E-state index is 11.4. The van der Waals surface area contributed by atoms with Crippen molar-refractivity contribution in [1.29, 1.82) is 0 Å². The van der Waals surface area contributed by atoms with E-state index < -0.39 is 5.76 Å². The molecule has 108 valence electrons. The smallest absolute Gasteiger partial charge is 0.437 e.